The molecule has 0 saturated heterocycles. The van der Waals surface area contributed by atoms with Gasteiger partial charge in [0.15, 0.2) is 0 Å². The van der Waals surface area contributed by atoms with Gasteiger partial charge in [-0.1, -0.05) is 64.4 Å². The number of hydrogen-bond donors (Lipinski definition) is 1. The zero-order valence-electron chi connectivity index (χ0n) is 12.1. The highest BCUT2D eigenvalue weighted by molar-refractivity contribution is 7.10. The molecule has 1 heterocycles. The maximum absolute atomic E-state index is 3.43. The minimum atomic E-state index is 0.574. The van der Waals surface area contributed by atoms with Gasteiger partial charge in [0.05, 0.1) is 0 Å². The normalized spacial score (nSPS) is 12.8. The van der Waals surface area contributed by atoms with E-state index in [0.29, 0.717) is 6.04 Å². The lowest BCUT2D eigenvalue weighted by Gasteiger charge is -2.14. The summed E-state index contributed by atoms with van der Waals surface area (Å²) in [5, 5.41) is 5.61. The van der Waals surface area contributed by atoms with Gasteiger partial charge in [0, 0.05) is 10.9 Å². The first-order valence-corrected chi connectivity index (χ1v) is 8.47. The second-order valence-electron chi connectivity index (χ2n) is 5.12. The van der Waals surface area contributed by atoms with E-state index in [-0.39, 0.29) is 0 Å². The predicted octanol–water partition coefficient (Wildman–Crippen LogP) is 5.54. The standard InChI is InChI=1S/C16H29NS/c1-3-4-5-6-7-8-9-10-12-15(17-2)16-13-11-14-18-16/h11,13-15,17H,3-10,12H2,1-2H3. The summed E-state index contributed by atoms with van der Waals surface area (Å²) in [6.45, 7) is 2.28. The Kier molecular flexibility index (Phi) is 9.23. The van der Waals surface area contributed by atoms with E-state index in [1.165, 1.54) is 62.7 Å². The molecule has 0 aliphatic rings. The van der Waals surface area contributed by atoms with Crippen LogP contribution in [0.3, 0.4) is 0 Å². The third-order valence-electron chi connectivity index (χ3n) is 3.58. The van der Waals surface area contributed by atoms with Crippen LogP contribution in [0.25, 0.3) is 0 Å². The van der Waals surface area contributed by atoms with Crippen molar-refractivity contribution in [2.24, 2.45) is 0 Å². The first kappa shape index (κ1) is 15.7. The molecule has 1 nitrogen and oxygen atoms in total. The van der Waals surface area contributed by atoms with Crippen LogP contribution < -0.4 is 5.32 Å². The number of thiophene rings is 1. The quantitative estimate of drug-likeness (QED) is 0.519. The molecule has 0 bridgehead atoms. The number of hydrogen-bond acceptors (Lipinski definition) is 2. The molecular formula is C16H29NS. The van der Waals surface area contributed by atoms with Crippen LogP contribution in [0.5, 0.6) is 0 Å². The molecule has 104 valence electrons. The molecule has 18 heavy (non-hydrogen) atoms. The SMILES string of the molecule is CCCCCCCCCCC(NC)c1cccs1. The molecule has 1 aromatic heterocycles. The van der Waals surface area contributed by atoms with Crippen molar-refractivity contribution in [3.05, 3.63) is 22.4 Å². The third kappa shape index (κ3) is 6.55. The highest BCUT2D eigenvalue weighted by atomic mass is 32.1. The van der Waals surface area contributed by atoms with Crippen molar-refractivity contribution in [3.8, 4) is 0 Å². The molecule has 2 heteroatoms. The molecule has 0 radical (unpaired) electrons. The van der Waals surface area contributed by atoms with E-state index in [4.69, 9.17) is 0 Å². The topological polar surface area (TPSA) is 12.0 Å². The third-order valence-corrected chi connectivity index (χ3v) is 4.57. The highest BCUT2D eigenvalue weighted by Crippen LogP contribution is 2.24. The van der Waals surface area contributed by atoms with Crippen molar-refractivity contribution in [1.82, 2.24) is 5.32 Å². The average molecular weight is 267 g/mol. The summed E-state index contributed by atoms with van der Waals surface area (Å²) in [7, 11) is 2.08. The lowest BCUT2D eigenvalue weighted by atomic mass is 10.0. The number of unbranched alkanes of at least 4 members (excludes halogenated alkanes) is 7. The summed E-state index contributed by atoms with van der Waals surface area (Å²) >= 11 is 1.87. The molecule has 0 aromatic carbocycles. The van der Waals surface area contributed by atoms with Crippen molar-refractivity contribution < 1.29 is 0 Å². The van der Waals surface area contributed by atoms with Crippen molar-refractivity contribution in [2.45, 2.75) is 70.8 Å². The first-order valence-electron chi connectivity index (χ1n) is 7.59. The van der Waals surface area contributed by atoms with Gasteiger partial charge in [-0.15, -0.1) is 11.3 Å². The zero-order valence-corrected chi connectivity index (χ0v) is 12.9. The van der Waals surface area contributed by atoms with Crippen LogP contribution >= 0.6 is 11.3 Å². The van der Waals surface area contributed by atoms with E-state index in [0.717, 1.165) is 0 Å². The average Bonchev–Trinajstić information content (AvgIpc) is 2.91. The summed E-state index contributed by atoms with van der Waals surface area (Å²) in [4.78, 5) is 1.49. The Hall–Kier alpha value is -0.340. The Morgan fingerprint density at radius 3 is 2.28 bits per heavy atom. The number of nitrogens with one attached hydrogen (secondary N) is 1. The minimum Gasteiger partial charge on any atom is -0.312 e. The summed E-state index contributed by atoms with van der Waals surface area (Å²) in [6.07, 6.45) is 12.5. The second kappa shape index (κ2) is 10.6. The van der Waals surface area contributed by atoms with E-state index >= 15 is 0 Å². The van der Waals surface area contributed by atoms with E-state index in [9.17, 15) is 0 Å². The van der Waals surface area contributed by atoms with Gasteiger partial charge in [0.25, 0.3) is 0 Å². The van der Waals surface area contributed by atoms with Crippen LogP contribution in [0.1, 0.15) is 75.6 Å². The molecular weight excluding hydrogens is 238 g/mol. The molecule has 0 amide bonds. The zero-order chi connectivity index (χ0) is 13.1. The number of rotatable bonds is 11. The monoisotopic (exact) mass is 267 g/mol. The lowest BCUT2D eigenvalue weighted by Crippen LogP contribution is -2.14. The van der Waals surface area contributed by atoms with Gasteiger partial charge in [0.1, 0.15) is 0 Å². The van der Waals surface area contributed by atoms with Crippen LogP contribution in [0.2, 0.25) is 0 Å². The second-order valence-corrected chi connectivity index (χ2v) is 6.10. The van der Waals surface area contributed by atoms with E-state index in [1.54, 1.807) is 0 Å². The Balaban J connectivity index is 1.99. The van der Waals surface area contributed by atoms with Gasteiger partial charge in [-0.3, -0.25) is 0 Å². The van der Waals surface area contributed by atoms with Gasteiger partial charge in [0.2, 0.25) is 0 Å². The fraction of sp³-hybridized carbons (Fsp3) is 0.750. The van der Waals surface area contributed by atoms with Gasteiger partial charge in [-0.25, -0.2) is 0 Å². The Morgan fingerprint density at radius 2 is 1.72 bits per heavy atom. The molecule has 1 atom stereocenters. The molecule has 1 unspecified atom stereocenters. The maximum atomic E-state index is 3.43. The molecule has 0 fully saturated rings. The van der Waals surface area contributed by atoms with Gasteiger partial charge in [-0.05, 0) is 24.9 Å². The van der Waals surface area contributed by atoms with Gasteiger partial charge >= 0.3 is 0 Å². The van der Waals surface area contributed by atoms with Crippen LogP contribution in [0, 0.1) is 0 Å². The van der Waals surface area contributed by atoms with E-state index in [1.807, 2.05) is 11.3 Å². The lowest BCUT2D eigenvalue weighted by molar-refractivity contribution is 0.499. The van der Waals surface area contributed by atoms with Crippen LogP contribution in [0.15, 0.2) is 17.5 Å². The molecule has 0 aliphatic carbocycles. The van der Waals surface area contributed by atoms with Crippen molar-refractivity contribution >= 4 is 11.3 Å². The Bertz CT molecular complexity index is 269. The highest BCUT2D eigenvalue weighted by Gasteiger charge is 2.08. The smallest absolute Gasteiger partial charge is 0.0412 e. The fourth-order valence-electron chi connectivity index (χ4n) is 2.40. The van der Waals surface area contributed by atoms with Crippen LogP contribution in [-0.2, 0) is 0 Å². The fourth-order valence-corrected chi connectivity index (χ4v) is 3.27. The van der Waals surface area contributed by atoms with E-state index < -0.39 is 0 Å². The van der Waals surface area contributed by atoms with Gasteiger partial charge < -0.3 is 5.32 Å². The Morgan fingerprint density at radius 1 is 1.06 bits per heavy atom. The molecule has 1 aromatic rings. The summed E-state index contributed by atoms with van der Waals surface area (Å²) < 4.78 is 0. The molecule has 1 rings (SSSR count). The molecule has 0 aliphatic heterocycles. The molecule has 0 saturated carbocycles. The summed E-state index contributed by atoms with van der Waals surface area (Å²) in [5.74, 6) is 0. The van der Waals surface area contributed by atoms with Crippen molar-refractivity contribution in [2.75, 3.05) is 7.05 Å². The molecule has 1 N–H and O–H groups in total. The predicted molar refractivity (Wildman–Crippen MR) is 83.3 cm³/mol. The minimum absolute atomic E-state index is 0.574. The van der Waals surface area contributed by atoms with Crippen molar-refractivity contribution in [3.63, 3.8) is 0 Å². The largest absolute Gasteiger partial charge is 0.312 e. The summed E-state index contributed by atoms with van der Waals surface area (Å²) in [6, 6.07) is 4.97. The van der Waals surface area contributed by atoms with Crippen molar-refractivity contribution in [1.29, 1.82) is 0 Å². The first-order chi connectivity index (χ1) is 8.88. The molecule has 0 spiro atoms. The van der Waals surface area contributed by atoms with Gasteiger partial charge in [-0.2, -0.15) is 0 Å². The maximum Gasteiger partial charge on any atom is 0.0412 e. The Labute approximate surface area is 117 Å². The van der Waals surface area contributed by atoms with Crippen LogP contribution in [0.4, 0.5) is 0 Å². The van der Waals surface area contributed by atoms with E-state index in [2.05, 4.69) is 36.8 Å². The van der Waals surface area contributed by atoms with Crippen LogP contribution in [-0.4, -0.2) is 7.05 Å². The summed E-state index contributed by atoms with van der Waals surface area (Å²) in [5.41, 5.74) is 0.